The topological polar surface area (TPSA) is 45.1 Å². The van der Waals surface area contributed by atoms with Gasteiger partial charge in [-0.15, -0.1) is 0 Å². The maximum absolute atomic E-state index is 9.74. The molecule has 0 bridgehead atoms. The molecule has 1 aliphatic rings. The number of ether oxygens (including phenoxy) is 1. The monoisotopic (exact) mass is 336 g/mol. The number of methoxy groups -OCH3 is 1. The molecule has 1 N–H and O–H groups in total. The smallest absolute Gasteiger partial charge is 0.119 e. The van der Waals surface area contributed by atoms with Crippen LogP contribution in [0.3, 0.4) is 0 Å². The summed E-state index contributed by atoms with van der Waals surface area (Å²) < 4.78 is 5.22. The molecule has 2 aromatic carbocycles. The Balaban J connectivity index is 2.10. The van der Waals surface area contributed by atoms with Crippen LogP contribution in [0, 0.1) is 5.92 Å². The van der Waals surface area contributed by atoms with Crippen LogP contribution in [0.4, 0.5) is 0 Å². The van der Waals surface area contributed by atoms with Crippen LogP contribution >= 0.6 is 0 Å². The van der Waals surface area contributed by atoms with Crippen molar-refractivity contribution in [3.63, 3.8) is 0 Å². The Morgan fingerprint density at radius 3 is 2.40 bits per heavy atom. The van der Waals surface area contributed by atoms with E-state index < -0.39 is 0 Å². The summed E-state index contributed by atoms with van der Waals surface area (Å²) in [5, 5.41) is 13.4. The summed E-state index contributed by atoms with van der Waals surface area (Å²) >= 11 is 0. The molecule has 0 aromatic heterocycles. The number of fused-ring (bicyclic) bond motifs is 1. The summed E-state index contributed by atoms with van der Waals surface area (Å²) in [6.45, 7) is 4.45. The highest BCUT2D eigenvalue weighted by atomic mass is 16.5. The second-order valence-corrected chi connectivity index (χ2v) is 6.66. The van der Waals surface area contributed by atoms with Gasteiger partial charge in [0, 0.05) is 24.4 Å². The zero-order chi connectivity index (χ0) is 18.0. The molecule has 25 heavy (non-hydrogen) atoms. The Morgan fingerprint density at radius 2 is 1.80 bits per heavy atom. The third-order valence-electron chi connectivity index (χ3n) is 4.69. The average molecular weight is 336 g/mol. The van der Waals surface area contributed by atoms with Crippen molar-refractivity contribution >= 4 is 11.3 Å². The molecule has 3 rings (SSSR count). The van der Waals surface area contributed by atoms with Crippen molar-refractivity contribution < 1.29 is 9.94 Å². The molecule has 0 unspecified atom stereocenters. The van der Waals surface area contributed by atoms with E-state index in [-0.39, 0.29) is 0 Å². The van der Waals surface area contributed by atoms with Gasteiger partial charge in [-0.25, -0.2) is 0 Å². The average Bonchev–Trinajstić information content (AvgIpc) is 2.62. The van der Waals surface area contributed by atoms with E-state index in [0.29, 0.717) is 17.7 Å². The van der Waals surface area contributed by atoms with Crippen molar-refractivity contribution in [2.75, 3.05) is 14.2 Å². The predicted octanol–water partition coefficient (Wildman–Crippen LogP) is 4.56. The normalized spacial score (nSPS) is 17.3. The molecule has 4 heteroatoms. The van der Waals surface area contributed by atoms with Crippen LogP contribution in [0.15, 0.2) is 59.9 Å². The van der Waals surface area contributed by atoms with Crippen molar-refractivity contribution in [1.82, 2.24) is 4.90 Å². The minimum atomic E-state index is 0.302. The molecule has 0 amide bonds. The molecule has 4 nitrogen and oxygen atoms in total. The van der Waals surface area contributed by atoms with Crippen LogP contribution in [0.2, 0.25) is 0 Å². The van der Waals surface area contributed by atoms with Gasteiger partial charge in [0.25, 0.3) is 0 Å². The number of allylic oxidation sites excluding steroid dienone is 1. The van der Waals surface area contributed by atoms with Gasteiger partial charge in [-0.1, -0.05) is 43.3 Å². The van der Waals surface area contributed by atoms with Gasteiger partial charge < -0.3 is 14.8 Å². The number of hydrogen-bond acceptors (Lipinski definition) is 4. The van der Waals surface area contributed by atoms with E-state index in [9.17, 15) is 5.21 Å². The lowest BCUT2D eigenvalue weighted by Gasteiger charge is -2.37. The first kappa shape index (κ1) is 17.1. The summed E-state index contributed by atoms with van der Waals surface area (Å²) in [5.74, 6) is 1.25. The van der Waals surface area contributed by atoms with Crippen LogP contribution in [-0.4, -0.2) is 30.0 Å². The highest BCUT2D eigenvalue weighted by Crippen LogP contribution is 2.39. The molecule has 0 radical (unpaired) electrons. The lowest BCUT2D eigenvalue weighted by molar-refractivity contribution is 0.260. The van der Waals surface area contributed by atoms with Crippen molar-refractivity contribution in [3.05, 3.63) is 71.4 Å². The molecule has 0 saturated heterocycles. The summed E-state index contributed by atoms with van der Waals surface area (Å²) in [6, 6.07) is 16.2. The molecule has 1 aliphatic heterocycles. The summed E-state index contributed by atoms with van der Waals surface area (Å²) in [6.07, 6.45) is 2.08. The molecule has 2 aromatic rings. The predicted molar refractivity (Wildman–Crippen MR) is 101 cm³/mol. The first-order chi connectivity index (χ1) is 12.1. The molecular weight excluding hydrogens is 312 g/mol. The van der Waals surface area contributed by atoms with Crippen molar-refractivity contribution in [1.29, 1.82) is 0 Å². The Morgan fingerprint density at radius 1 is 1.12 bits per heavy atom. The second kappa shape index (κ2) is 7.01. The van der Waals surface area contributed by atoms with Crippen molar-refractivity contribution in [3.8, 4) is 5.75 Å². The van der Waals surface area contributed by atoms with Gasteiger partial charge in [-0.05, 0) is 41.3 Å². The van der Waals surface area contributed by atoms with Crippen LogP contribution < -0.4 is 4.74 Å². The highest BCUT2D eigenvalue weighted by molar-refractivity contribution is 6.32. The summed E-state index contributed by atoms with van der Waals surface area (Å²) in [4.78, 5) is 2.21. The minimum absolute atomic E-state index is 0.302. The van der Waals surface area contributed by atoms with Crippen molar-refractivity contribution in [2.24, 2.45) is 11.1 Å². The Hall–Kier alpha value is -2.75. The van der Waals surface area contributed by atoms with Gasteiger partial charge in [-0.2, -0.15) is 0 Å². The number of hydrogen-bond donors (Lipinski definition) is 1. The van der Waals surface area contributed by atoms with E-state index in [1.807, 2.05) is 30.3 Å². The van der Waals surface area contributed by atoms with E-state index in [1.165, 1.54) is 5.56 Å². The summed E-state index contributed by atoms with van der Waals surface area (Å²) in [5.41, 5.74) is 4.70. The maximum Gasteiger partial charge on any atom is 0.119 e. The van der Waals surface area contributed by atoms with E-state index in [2.05, 4.69) is 55.3 Å². The standard InChI is InChI=1S/C21H24N2O2/c1-14(2)21-18-8-6-5-7-17(18)19(13-23(21)3)20(22-24)15-9-11-16(25-4)12-10-15/h5-14,21,24H,1-4H3/b22-20+/t21-/m0/s1. The first-order valence-electron chi connectivity index (χ1n) is 8.46. The largest absolute Gasteiger partial charge is 0.497 e. The van der Waals surface area contributed by atoms with Crippen LogP contribution in [-0.2, 0) is 0 Å². The van der Waals surface area contributed by atoms with Crippen LogP contribution in [0.5, 0.6) is 5.75 Å². The molecule has 1 heterocycles. The molecule has 0 saturated carbocycles. The van der Waals surface area contributed by atoms with Gasteiger partial charge in [-0.3, -0.25) is 0 Å². The van der Waals surface area contributed by atoms with E-state index in [4.69, 9.17) is 4.74 Å². The first-order valence-corrected chi connectivity index (χ1v) is 8.46. The minimum Gasteiger partial charge on any atom is -0.497 e. The SMILES string of the molecule is COc1ccc(/C(=N\O)C2=CN(C)[C@@H](C(C)C)c3ccccc32)cc1. The van der Waals surface area contributed by atoms with Crippen LogP contribution in [0.1, 0.15) is 36.6 Å². The Bertz CT molecular complexity index is 807. The van der Waals surface area contributed by atoms with E-state index in [0.717, 1.165) is 22.4 Å². The zero-order valence-electron chi connectivity index (χ0n) is 15.1. The number of benzene rings is 2. The highest BCUT2D eigenvalue weighted by Gasteiger charge is 2.29. The quantitative estimate of drug-likeness (QED) is 0.506. The van der Waals surface area contributed by atoms with Gasteiger partial charge in [0.15, 0.2) is 0 Å². The van der Waals surface area contributed by atoms with Crippen LogP contribution in [0.25, 0.3) is 5.57 Å². The van der Waals surface area contributed by atoms with Gasteiger partial charge in [0.2, 0.25) is 0 Å². The zero-order valence-corrected chi connectivity index (χ0v) is 15.1. The van der Waals surface area contributed by atoms with Gasteiger partial charge in [0.05, 0.1) is 13.2 Å². The Labute approximate surface area is 149 Å². The fraction of sp³-hybridized carbons (Fsp3) is 0.286. The fourth-order valence-electron chi connectivity index (χ4n) is 3.61. The third-order valence-corrected chi connectivity index (χ3v) is 4.69. The molecule has 130 valence electrons. The molecule has 0 aliphatic carbocycles. The lowest BCUT2D eigenvalue weighted by atomic mass is 9.83. The fourth-order valence-corrected chi connectivity index (χ4v) is 3.61. The lowest BCUT2D eigenvalue weighted by Crippen LogP contribution is -2.29. The number of oxime groups is 1. The van der Waals surface area contributed by atoms with Gasteiger partial charge in [0.1, 0.15) is 11.5 Å². The second-order valence-electron chi connectivity index (χ2n) is 6.66. The molecular formula is C21H24N2O2. The Kier molecular flexibility index (Phi) is 4.79. The summed E-state index contributed by atoms with van der Waals surface area (Å²) in [7, 11) is 3.71. The molecule has 0 spiro atoms. The van der Waals surface area contributed by atoms with Gasteiger partial charge >= 0.3 is 0 Å². The van der Waals surface area contributed by atoms with Crippen molar-refractivity contribution in [2.45, 2.75) is 19.9 Å². The third kappa shape index (κ3) is 3.12. The molecule has 1 atom stereocenters. The number of nitrogens with zero attached hydrogens (tertiary/aromatic N) is 2. The maximum atomic E-state index is 9.74. The number of rotatable bonds is 4. The molecule has 0 fully saturated rings. The van der Waals surface area contributed by atoms with E-state index in [1.54, 1.807) is 7.11 Å². The van der Waals surface area contributed by atoms with E-state index >= 15 is 0 Å².